The average molecular weight is 423 g/mol. The van der Waals surface area contributed by atoms with E-state index >= 15 is 0 Å². The number of amides is 1. The third-order valence-electron chi connectivity index (χ3n) is 3.77. The van der Waals surface area contributed by atoms with Crippen LogP contribution >= 0.6 is 11.6 Å². The highest BCUT2D eigenvalue weighted by atomic mass is 35.5. The number of aromatic nitrogens is 3. The van der Waals surface area contributed by atoms with E-state index < -0.39 is 17.6 Å². The van der Waals surface area contributed by atoms with Gasteiger partial charge in [0.1, 0.15) is 5.82 Å². The number of rotatable bonds is 5. The topological polar surface area (TPSA) is 83.8 Å². The Kier molecular flexibility index (Phi) is 5.60. The molecule has 29 heavy (non-hydrogen) atoms. The van der Waals surface area contributed by atoms with Crippen molar-refractivity contribution in [2.75, 3.05) is 0 Å². The second kappa shape index (κ2) is 7.96. The van der Waals surface area contributed by atoms with Crippen LogP contribution in [0.25, 0.3) is 16.7 Å². The SMILES string of the molecule is C=C(C(Cl)=CC=C(C)NC(=O)c1ccco1)c1nc2ncc(C(F)(F)F)cc2[nH]1. The number of halogens is 4. The molecule has 10 heteroatoms. The van der Waals surface area contributed by atoms with Crippen molar-refractivity contribution in [2.24, 2.45) is 0 Å². The number of aromatic amines is 1. The van der Waals surface area contributed by atoms with Crippen LogP contribution in [0.15, 0.2) is 64.5 Å². The van der Waals surface area contributed by atoms with Gasteiger partial charge in [-0.3, -0.25) is 4.79 Å². The molecule has 0 radical (unpaired) electrons. The summed E-state index contributed by atoms with van der Waals surface area (Å²) in [7, 11) is 0. The summed E-state index contributed by atoms with van der Waals surface area (Å²) in [4.78, 5) is 22.4. The summed E-state index contributed by atoms with van der Waals surface area (Å²) in [6, 6.07) is 4.03. The van der Waals surface area contributed by atoms with Gasteiger partial charge in [-0.1, -0.05) is 18.2 Å². The number of hydrogen-bond donors (Lipinski definition) is 2. The summed E-state index contributed by atoms with van der Waals surface area (Å²) in [5, 5.41) is 2.79. The van der Waals surface area contributed by atoms with E-state index in [9.17, 15) is 18.0 Å². The number of carbonyl (C=O) groups excluding carboxylic acids is 1. The van der Waals surface area contributed by atoms with Crippen LogP contribution in [0, 0.1) is 0 Å². The van der Waals surface area contributed by atoms with Crippen LogP contribution in [0.2, 0.25) is 0 Å². The van der Waals surface area contributed by atoms with E-state index in [1.165, 1.54) is 24.5 Å². The van der Waals surface area contributed by atoms with Crippen molar-refractivity contribution in [2.45, 2.75) is 13.1 Å². The second-order valence-electron chi connectivity index (χ2n) is 5.95. The lowest BCUT2D eigenvalue weighted by Crippen LogP contribution is -2.20. The first-order valence-electron chi connectivity index (χ1n) is 8.16. The molecular weight excluding hydrogens is 409 g/mol. The minimum atomic E-state index is -4.51. The van der Waals surface area contributed by atoms with Gasteiger partial charge in [0.15, 0.2) is 11.4 Å². The molecule has 0 aliphatic rings. The van der Waals surface area contributed by atoms with E-state index in [1.807, 2.05) is 0 Å². The van der Waals surface area contributed by atoms with Gasteiger partial charge in [-0.25, -0.2) is 9.97 Å². The molecule has 3 heterocycles. The molecule has 0 aliphatic heterocycles. The number of imidazole rings is 1. The number of carbonyl (C=O) groups is 1. The fraction of sp³-hybridized carbons (Fsp3) is 0.105. The van der Waals surface area contributed by atoms with E-state index in [0.717, 1.165) is 6.07 Å². The lowest BCUT2D eigenvalue weighted by atomic mass is 10.2. The molecule has 0 atom stereocenters. The summed E-state index contributed by atoms with van der Waals surface area (Å²) in [6.45, 7) is 5.44. The third-order valence-corrected chi connectivity index (χ3v) is 4.13. The van der Waals surface area contributed by atoms with Gasteiger partial charge >= 0.3 is 6.18 Å². The van der Waals surface area contributed by atoms with Crippen molar-refractivity contribution in [1.82, 2.24) is 20.3 Å². The van der Waals surface area contributed by atoms with Crippen molar-refractivity contribution in [3.63, 3.8) is 0 Å². The smallest absolute Gasteiger partial charge is 0.417 e. The maximum atomic E-state index is 12.8. The van der Waals surface area contributed by atoms with Gasteiger partial charge in [-0.05, 0) is 37.3 Å². The van der Waals surface area contributed by atoms with Gasteiger partial charge in [-0.2, -0.15) is 13.2 Å². The summed E-state index contributed by atoms with van der Waals surface area (Å²) in [5.74, 6) is -0.0834. The first kappa shape index (κ1) is 20.4. The number of nitrogens with one attached hydrogen (secondary N) is 2. The van der Waals surface area contributed by atoms with E-state index in [-0.39, 0.29) is 33.4 Å². The fourth-order valence-electron chi connectivity index (χ4n) is 2.30. The van der Waals surface area contributed by atoms with Crippen LogP contribution in [0.5, 0.6) is 0 Å². The normalized spacial score (nSPS) is 13.0. The Morgan fingerprint density at radius 1 is 1.38 bits per heavy atom. The van der Waals surface area contributed by atoms with Crippen molar-refractivity contribution >= 4 is 34.2 Å². The zero-order valence-electron chi connectivity index (χ0n) is 15.0. The van der Waals surface area contributed by atoms with E-state index in [0.29, 0.717) is 11.9 Å². The largest absolute Gasteiger partial charge is 0.459 e. The van der Waals surface area contributed by atoms with Crippen LogP contribution in [0.3, 0.4) is 0 Å². The van der Waals surface area contributed by atoms with Crippen molar-refractivity contribution in [3.8, 4) is 0 Å². The quantitative estimate of drug-likeness (QED) is 0.564. The van der Waals surface area contributed by atoms with Crippen LogP contribution in [-0.4, -0.2) is 20.9 Å². The molecule has 0 saturated heterocycles. The number of H-pyrrole nitrogens is 1. The number of hydrogen-bond acceptors (Lipinski definition) is 4. The Morgan fingerprint density at radius 2 is 2.14 bits per heavy atom. The van der Waals surface area contributed by atoms with Crippen molar-refractivity contribution < 1.29 is 22.4 Å². The van der Waals surface area contributed by atoms with E-state index in [2.05, 4.69) is 26.8 Å². The molecule has 1 amide bonds. The fourth-order valence-corrected chi connectivity index (χ4v) is 2.45. The van der Waals surface area contributed by atoms with E-state index in [4.69, 9.17) is 16.0 Å². The second-order valence-corrected chi connectivity index (χ2v) is 6.36. The van der Waals surface area contributed by atoms with Crippen LogP contribution < -0.4 is 5.32 Å². The molecule has 3 rings (SSSR count). The van der Waals surface area contributed by atoms with Gasteiger partial charge in [0.25, 0.3) is 5.91 Å². The number of furan rings is 1. The first-order chi connectivity index (χ1) is 13.6. The lowest BCUT2D eigenvalue weighted by Gasteiger charge is -2.04. The highest BCUT2D eigenvalue weighted by Gasteiger charge is 2.31. The molecule has 0 bridgehead atoms. The van der Waals surface area contributed by atoms with Crippen LogP contribution in [0.1, 0.15) is 28.9 Å². The zero-order valence-corrected chi connectivity index (χ0v) is 15.7. The van der Waals surface area contributed by atoms with Gasteiger partial charge in [0.05, 0.1) is 22.4 Å². The van der Waals surface area contributed by atoms with Crippen molar-refractivity contribution in [1.29, 1.82) is 0 Å². The molecule has 6 nitrogen and oxygen atoms in total. The first-order valence-corrected chi connectivity index (χ1v) is 8.54. The molecule has 3 aromatic rings. The molecule has 3 aromatic heterocycles. The summed E-state index contributed by atoms with van der Waals surface area (Å²) in [6.07, 6.45) is 0.597. The van der Waals surface area contributed by atoms with Crippen molar-refractivity contribution in [3.05, 3.63) is 77.3 Å². The summed E-state index contributed by atoms with van der Waals surface area (Å²) < 4.78 is 43.4. The standard InChI is InChI=1S/C19H14ClF3N4O2/c1-10(25-18(28)15-4-3-7-29-15)5-6-13(20)11(2)16-26-14-8-12(19(21,22)23)9-24-17(14)27-16/h3-9H,2H2,1H3,(H,25,28)(H,24,26,27). The number of pyridine rings is 1. The molecule has 0 saturated carbocycles. The molecule has 0 unspecified atom stereocenters. The lowest BCUT2D eigenvalue weighted by molar-refractivity contribution is -0.137. The average Bonchev–Trinajstić information content (AvgIpc) is 3.33. The molecule has 2 N–H and O–H groups in total. The number of fused-ring (bicyclic) bond motifs is 1. The Bertz CT molecular complexity index is 1130. The van der Waals surface area contributed by atoms with Gasteiger partial charge in [0, 0.05) is 17.5 Å². The van der Waals surface area contributed by atoms with Gasteiger partial charge in [0.2, 0.25) is 0 Å². The number of nitrogens with zero attached hydrogens (tertiary/aromatic N) is 2. The summed E-state index contributed by atoms with van der Waals surface area (Å²) >= 11 is 6.20. The Balaban J connectivity index is 1.75. The van der Waals surface area contributed by atoms with Gasteiger partial charge < -0.3 is 14.7 Å². The minimum Gasteiger partial charge on any atom is -0.459 e. The highest BCUT2D eigenvalue weighted by molar-refractivity contribution is 6.36. The maximum absolute atomic E-state index is 12.8. The predicted octanol–water partition coefficient (Wildman–Crippen LogP) is 5.04. The number of allylic oxidation sites excluding steroid dienone is 5. The minimum absolute atomic E-state index is 0.107. The van der Waals surface area contributed by atoms with Crippen LogP contribution in [-0.2, 0) is 6.18 Å². The van der Waals surface area contributed by atoms with E-state index in [1.54, 1.807) is 13.0 Å². The third kappa shape index (κ3) is 4.75. The molecule has 0 aliphatic carbocycles. The predicted molar refractivity (Wildman–Crippen MR) is 102 cm³/mol. The Hall–Kier alpha value is -3.33. The number of alkyl halides is 3. The zero-order chi connectivity index (χ0) is 21.2. The summed E-state index contributed by atoms with van der Waals surface area (Å²) in [5.41, 5.74) is 0.0605. The van der Waals surface area contributed by atoms with Crippen LogP contribution in [0.4, 0.5) is 13.2 Å². The monoisotopic (exact) mass is 422 g/mol. The highest BCUT2D eigenvalue weighted by Crippen LogP contribution is 2.31. The molecule has 0 fully saturated rings. The molecule has 0 spiro atoms. The Morgan fingerprint density at radius 3 is 2.79 bits per heavy atom. The molecule has 0 aromatic carbocycles. The van der Waals surface area contributed by atoms with Gasteiger partial charge in [-0.15, -0.1) is 0 Å². The Labute approximate surface area is 167 Å². The molecule has 150 valence electrons. The maximum Gasteiger partial charge on any atom is 0.417 e. The molecular formula is C19H14ClF3N4O2.